The Morgan fingerprint density at radius 3 is 2.65 bits per heavy atom. The summed E-state index contributed by atoms with van der Waals surface area (Å²) in [6.07, 6.45) is 0. The van der Waals surface area contributed by atoms with E-state index in [-0.39, 0.29) is 30.0 Å². The minimum absolute atomic E-state index is 0.0182. The Morgan fingerprint density at radius 2 is 2.05 bits per heavy atom. The number of para-hydroxylation sites is 1. The Balaban J connectivity index is 2.61. The fourth-order valence-electron chi connectivity index (χ4n) is 1.43. The van der Waals surface area contributed by atoms with Gasteiger partial charge >= 0.3 is 0 Å². The molecule has 0 atom stereocenters. The molecular formula is C13H17N3O3S. The zero-order valence-corrected chi connectivity index (χ0v) is 12.2. The van der Waals surface area contributed by atoms with Gasteiger partial charge in [0.1, 0.15) is 10.7 Å². The summed E-state index contributed by atoms with van der Waals surface area (Å²) < 4.78 is 5.41. The van der Waals surface area contributed by atoms with E-state index in [1.165, 1.54) is 19.0 Å². The molecule has 6 nitrogen and oxygen atoms in total. The number of carbonyl (C=O) groups is 2. The van der Waals surface area contributed by atoms with Gasteiger partial charge in [-0.05, 0) is 12.1 Å². The third-order valence-corrected chi connectivity index (χ3v) is 2.81. The van der Waals surface area contributed by atoms with Crippen LogP contribution in [-0.2, 0) is 9.59 Å². The first kappa shape index (κ1) is 15.9. The predicted molar refractivity (Wildman–Crippen MR) is 79.5 cm³/mol. The summed E-state index contributed by atoms with van der Waals surface area (Å²) in [6, 6.07) is 6.94. The van der Waals surface area contributed by atoms with Crippen molar-refractivity contribution >= 4 is 29.0 Å². The van der Waals surface area contributed by atoms with Crippen molar-refractivity contribution in [2.75, 3.05) is 27.2 Å². The monoisotopic (exact) mass is 295 g/mol. The third kappa shape index (κ3) is 4.51. The SMILES string of the molecule is CNC(=O)CN(C)C(=O)COc1ccccc1C(N)=S. The number of thiocarbonyl (C=S) groups is 1. The molecule has 20 heavy (non-hydrogen) atoms. The number of ether oxygens (including phenoxy) is 1. The van der Waals surface area contributed by atoms with E-state index in [2.05, 4.69) is 5.32 Å². The van der Waals surface area contributed by atoms with E-state index in [0.717, 1.165) is 0 Å². The van der Waals surface area contributed by atoms with Gasteiger partial charge in [-0.15, -0.1) is 0 Å². The molecule has 1 rings (SSSR count). The van der Waals surface area contributed by atoms with Gasteiger partial charge in [0.25, 0.3) is 5.91 Å². The molecule has 1 aromatic carbocycles. The van der Waals surface area contributed by atoms with Crippen molar-refractivity contribution in [1.29, 1.82) is 0 Å². The number of rotatable bonds is 6. The highest BCUT2D eigenvalue weighted by Gasteiger charge is 2.14. The van der Waals surface area contributed by atoms with Crippen LogP contribution in [0.3, 0.4) is 0 Å². The highest BCUT2D eigenvalue weighted by atomic mass is 32.1. The average Bonchev–Trinajstić information content (AvgIpc) is 2.44. The summed E-state index contributed by atoms with van der Waals surface area (Å²) in [7, 11) is 3.04. The molecule has 2 amide bonds. The lowest BCUT2D eigenvalue weighted by molar-refractivity contribution is -0.136. The van der Waals surface area contributed by atoms with Crippen molar-refractivity contribution in [2.45, 2.75) is 0 Å². The first-order chi connectivity index (χ1) is 9.45. The second-order valence-electron chi connectivity index (χ2n) is 4.07. The maximum Gasteiger partial charge on any atom is 0.260 e. The van der Waals surface area contributed by atoms with Crippen molar-refractivity contribution in [1.82, 2.24) is 10.2 Å². The first-order valence-corrected chi connectivity index (χ1v) is 6.32. The number of amides is 2. The van der Waals surface area contributed by atoms with Crippen LogP contribution in [0.1, 0.15) is 5.56 Å². The molecule has 0 unspecified atom stereocenters. The number of hydrogen-bond acceptors (Lipinski definition) is 4. The number of hydrogen-bond donors (Lipinski definition) is 2. The largest absolute Gasteiger partial charge is 0.483 e. The molecule has 0 bridgehead atoms. The zero-order chi connectivity index (χ0) is 15.1. The van der Waals surface area contributed by atoms with Crippen molar-refractivity contribution in [3.8, 4) is 5.75 Å². The highest BCUT2D eigenvalue weighted by Crippen LogP contribution is 2.17. The lowest BCUT2D eigenvalue weighted by Gasteiger charge is -2.17. The van der Waals surface area contributed by atoms with E-state index in [0.29, 0.717) is 11.3 Å². The van der Waals surface area contributed by atoms with Gasteiger partial charge in [0, 0.05) is 14.1 Å². The van der Waals surface area contributed by atoms with Gasteiger partial charge in [-0.1, -0.05) is 24.4 Å². The topological polar surface area (TPSA) is 84.7 Å². The fourth-order valence-corrected chi connectivity index (χ4v) is 1.60. The summed E-state index contributed by atoms with van der Waals surface area (Å²) in [5, 5.41) is 2.44. The molecule has 0 heterocycles. The molecule has 1 aromatic rings. The van der Waals surface area contributed by atoms with Crippen LogP contribution in [0.15, 0.2) is 24.3 Å². The van der Waals surface area contributed by atoms with Gasteiger partial charge in [-0.25, -0.2) is 0 Å². The molecule has 7 heteroatoms. The molecule has 0 aromatic heterocycles. The number of carbonyl (C=O) groups excluding carboxylic acids is 2. The van der Waals surface area contributed by atoms with Crippen LogP contribution in [0, 0.1) is 0 Å². The summed E-state index contributed by atoms with van der Waals surface area (Å²) in [5.41, 5.74) is 6.14. The standard InChI is InChI=1S/C13H17N3O3S/c1-15-11(17)7-16(2)12(18)8-19-10-6-4-3-5-9(10)13(14)20/h3-6H,7-8H2,1-2H3,(H2,14,20)(H,15,17). The molecule has 0 aliphatic carbocycles. The Labute approximate surface area is 122 Å². The lowest BCUT2D eigenvalue weighted by Crippen LogP contribution is -2.39. The number of likely N-dealkylation sites (N-methyl/N-ethyl adjacent to an activating group) is 2. The van der Waals surface area contributed by atoms with Gasteiger partial charge in [-0.2, -0.15) is 0 Å². The predicted octanol–water partition coefficient (Wildman–Crippen LogP) is -0.0960. The van der Waals surface area contributed by atoms with E-state index < -0.39 is 0 Å². The second kappa shape index (κ2) is 7.44. The Morgan fingerprint density at radius 1 is 1.40 bits per heavy atom. The molecular weight excluding hydrogens is 278 g/mol. The number of benzene rings is 1. The number of nitrogens with two attached hydrogens (primary N) is 1. The molecule has 0 spiro atoms. The smallest absolute Gasteiger partial charge is 0.260 e. The van der Waals surface area contributed by atoms with Gasteiger partial charge < -0.3 is 20.7 Å². The van der Waals surface area contributed by atoms with Gasteiger partial charge in [0.05, 0.1) is 12.1 Å². The van der Waals surface area contributed by atoms with Crippen molar-refractivity contribution in [3.63, 3.8) is 0 Å². The second-order valence-corrected chi connectivity index (χ2v) is 4.51. The number of nitrogens with zero attached hydrogens (tertiary/aromatic N) is 1. The minimum Gasteiger partial charge on any atom is -0.483 e. The highest BCUT2D eigenvalue weighted by molar-refractivity contribution is 7.80. The third-order valence-electron chi connectivity index (χ3n) is 2.59. The summed E-state index contributed by atoms with van der Waals surface area (Å²) in [4.78, 5) is 24.5. The normalized spacial score (nSPS) is 9.70. The maximum atomic E-state index is 11.8. The van der Waals surface area contributed by atoms with E-state index in [4.69, 9.17) is 22.7 Å². The van der Waals surface area contributed by atoms with Crippen LogP contribution in [0.25, 0.3) is 0 Å². The Bertz CT molecular complexity index is 519. The summed E-state index contributed by atoms with van der Waals surface area (Å²) >= 11 is 4.90. The molecule has 0 radical (unpaired) electrons. The van der Waals surface area contributed by atoms with Crippen molar-refractivity contribution in [2.24, 2.45) is 5.73 Å². The van der Waals surface area contributed by atoms with Crippen molar-refractivity contribution < 1.29 is 14.3 Å². The van der Waals surface area contributed by atoms with Crippen LogP contribution in [0.5, 0.6) is 5.75 Å². The molecule has 0 aliphatic heterocycles. The average molecular weight is 295 g/mol. The van der Waals surface area contributed by atoms with E-state index in [1.807, 2.05) is 0 Å². The quantitative estimate of drug-likeness (QED) is 0.716. The Kier molecular flexibility index (Phi) is 5.92. The van der Waals surface area contributed by atoms with Gasteiger partial charge in [0.2, 0.25) is 5.91 Å². The zero-order valence-electron chi connectivity index (χ0n) is 11.4. The van der Waals surface area contributed by atoms with Crippen LogP contribution in [-0.4, -0.2) is 48.9 Å². The number of nitrogens with one attached hydrogen (secondary N) is 1. The molecule has 0 fully saturated rings. The van der Waals surface area contributed by atoms with E-state index >= 15 is 0 Å². The lowest BCUT2D eigenvalue weighted by atomic mass is 10.2. The molecule has 0 saturated carbocycles. The van der Waals surface area contributed by atoms with Gasteiger partial charge in [-0.3, -0.25) is 9.59 Å². The molecule has 0 saturated heterocycles. The fraction of sp³-hybridized carbons (Fsp3) is 0.308. The van der Waals surface area contributed by atoms with Crippen LogP contribution < -0.4 is 15.8 Å². The van der Waals surface area contributed by atoms with Crippen LogP contribution in [0.2, 0.25) is 0 Å². The van der Waals surface area contributed by atoms with Gasteiger partial charge in [0.15, 0.2) is 6.61 Å². The van der Waals surface area contributed by atoms with Crippen molar-refractivity contribution in [3.05, 3.63) is 29.8 Å². The molecule has 3 N–H and O–H groups in total. The van der Waals surface area contributed by atoms with E-state index in [1.54, 1.807) is 24.3 Å². The maximum absolute atomic E-state index is 11.8. The first-order valence-electron chi connectivity index (χ1n) is 5.92. The Hall–Kier alpha value is -2.15. The molecule has 0 aliphatic rings. The molecule has 108 valence electrons. The van der Waals surface area contributed by atoms with Crippen LogP contribution in [0.4, 0.5) is 0 Å². The van der Waals surface area contributed by atoms with E-state index in [9.17, 15) is 9.59 Å². The van der Waals surface area contributed by atoms with Crippen LogP contribution >= 0.6 is 12.2 Å². The summed E-state index contributed by atoms with van der Waals surface area (Å²) in [6.45, 7) is -0.206. The minimum atomic E-state index is -0.314. The summed E-state index contributed by atoms with van der Waals surface area (Å²) in [5.74, 6) is -0.113.